The van der Waals surface area contributed by atoms with Crippen molar-refractivity contribution < 1.29 is 0 Å². The molecule has 0 aromatic rings. The maximum atomic E-state index is 3.53. The van der Waals surface area contributed by atoms with Crippen LogP contribution in [0.15, 0.2) is 0 Å². The first kappa shape index (κ1) is 11.4. The van der Waals surface area contributed by atoms with Crippen LogP contribution >= 0.6 is 0 Å². The molecule has 0 amide bonds. The van der Waals surface area contributed by atoms with Crippen LogP contribution in [0.4, 0.5) is 0 Å². The lowest BCUT2D eigenvalue weighted by atomic mass is 9.93. The Morgan fingerprint density at radius 1 is 1.20 bits per heavy atom. The second kappa shape index (κ2) is 5.31. The molecule has 0 aromatic carbocycles. The molecule has 0 radical (unpaired) electrons. The van der Waals surface area contributed by atoms with Crippen LogP contribution in [-0.2, 0) is 0 Å². The number of nitrogens with one attached hydrogen (secondary N) is 1. The van der Waals surface area contributed by atoms with Crippen LogP contribution in [0.2, 0.25) is 0 Å². The highest BCUT2D eigenvalue weighted by atomic mass is 15.1. The molecule has 1 aliphatic heterocycles. The highest BCUT2D eigenvalue weighted by Crippen LogP contribution is 2.32. The largest absolute Gasteiger partial charge is 0.314 e. The van der Waals surface area contributed by atoms with Crippen molar-refractivity contribution in [3.05, 3.63) is 0 Å². The van der Waals surface area contributed by atoms with Crippen LogP contribution in [0.1, 0.15) is 39.0 Å². The fourth-order valence-corrected chi connectivity index (χ4v) is 2.74. The summed E-state index contributed by atoms with van der Waals surface area (Å²) in [6, 6.07) is 0.737. The third-order valence-corrected chi connectivity index (χ3v) is 3.92. The standard InChI is InChI=1S/C13H26N2/c1-11-9-13(5-7-14-11)10-15(2)8-6-12-3-4-12/h11-14H,3-10H2,1-2H3. The Balaban J connectivity index is 1.61. The first-order valence-electron chi connectivity index (χ1n) is 6.66. The zero-order valence-electron chi connectivity index (χ0n) is 10.3. The molecular weight excluding hydrogens is 184 g/mol. The van der Waals surface area contributed by atoms with Crippen LogP contribution in [0.5, 0.6) is 0 Å². The predicted octanol–water partition coefficient (Wildman–Crippen LogP) is 2.11. The first-order chi connectivity index (χ1) is 7.24. The molecule has 2 unspecified atom stereocenters. The molecule has 1 saturated heterocycles. The van der Waals surface area contributed by atoms with Gasteiger partial charge in [-0.3, -0.25) is 0 Å². The van der Waals surface area contributed by atoms with Gasteiger partial charge in [0.15, 0.2) is 0 Å². The molecule has 1 saturated carbocycles. The third kappa shape index (κ3) is 4.12. The van der Waals surface area contributed by atoms with Crippen molar-refractivity contribution in [3.8, 4) is 0 Å². The van der Waals surface area contributed by atoms with Gasteiger partial charge in [-0.1, -0.05) is 12.8 Å². The van der Waals surface area contributed by atoms with Gasteiger partial charge >= 0.3 is 0 Å². The van der Waals surface area contributed by atoms with E-state index in [1.54, 1.807) is 0 Å². The van der Waals surface area contributed by atoms with Crippen LogP contribution < -0.4 is 5.32 Å². The fourth-order valence-electron chi connectivity index (χ4n) is 2.74. The average Bonchev–Trinajstić information content (AvgIpc) is 2.98. The zero-order chi connectivity index (χ0) is 10.7. The van der Waals surface area contributed by atoms with Crippen molar-refractivity contribution >= 4 is 0 Å². The number of rotatable bonds is 5. The highest BCUT2D eigenvalue weighted by molar-refractivity contribution is 4.78. The SMILES string of the molecule is CC1CC(CN(C)CCC2CC2)CCN1. The average molecular weight is 210 g/mol. The Morgan fingerprint density at radius 3 is 2.67 bits per heavy atom. The van der Waals surface area contributed by atoms with Crippen molar-refractivity contribution in [2.75, 3.05) is 26.7 Å². The lowest BCUT2D eigenvalue weighted by molar-refractivity contribution is 0.216. The minimum Gasteiger partial charge on any atom is -0.314 e. The molecule has 2 atom stereocenters. The van der Waals surface area contributed by atoms with Crippen LogP contribution in [0.3, 0.4) is 0 Å². The summed E-state index contributed by atoms with van der Waals surface area (Å²) >= 11 is 0. The number of hydrogen-bond acceptors (Lipinski definition) is 2. The Bertz CT molecular complexity index is 189. The second-order valence-corrected chi connectivity index (χ2v) is 5.74. The normalized spacial score (nSPS) is 32.2. The summed E-state index contributed by atoms with van der Waals surface area (Å²) in [7, 11) is 2.30. The van der Waals surface area contributed by atoms with Gasteiger partial charge in [0.25, 0.3) is 0 Å². The van der Waals surface area contributed by atoms with Gasteiger partial charge in [0.1, 0.15) is 0 Å². The summed E-state index contributed by atoms with van der Waals surface area (Å²) in [4.78, 5) is 2.56. The van der Waals surface area contributed by atoms with Crippen molar-refractivity contribution in [2.24, 2.45) is 11.8 Å². The van der Waals surface area contributed by atoms with E-state index in [1.807, 2.05) is 0 Å². The van der Waals surface area contributed by atoms with Crippen LogP contribution in [-0.4, -0.2) is 37.6 Å². The Labute approximate surface area is 94.4 Å². The molecule has 2 fully saturated rings. The van der Waals surface area contributed by atoms with E-state index in [9.17, 15) is 0 Å². The van der Waals surface area contributed by atoms with E-state index in [0.29, 0.717) is 0 Å². The van der Waals surface area contributed by atoms with E-state index >= 15 is 0 Å². The summed E-state index contributed by atoms with van der Waals surface area (Å²) < 4.78 is 0. The molecule has 88 valence electrons. The van der Waals surface area contributed by atoms with Crippen LogP contribution in [0.25, 0.3) is 0 Å². The first-order valence-corrected chi connectivity index (χ1v) is 6.66. The summed E-state index contributed by atoms with van der Waals surface area (Å²) in [6.45, 7) is 6.18. The van der Waals surface area contributed by atoms with Crippen molar-refractivity contribution in [3.63, 3.8) is 0 Å². The topological polar surface area (TPSA) is 15.3 Å². The maximum Gasteiger partial charge on any atom is 0.00418 e. The molecule has 2 nitrogen and oxygen atoms in total. The smallest absolute Gasteiger partial charge is 0.00418 e. The molecule has 0 aromatic heterocycles. The highest BCUT2D eigenvalue weighted by Gasteiger charge is 2.23. The Kier molecular flexibility index (Phi) is 4.04. The molecule has 2 rings (SSSR count). The number of hydrogen-bond donors (Lipinski definition) is 1. The van der Waals surface area contributed by atoms with Crippen molar-refractivity contribution in [1.29, 1.82) is 0 Å². The second-order valence-electron chi connectivity index (χ2n) is 5.74. The van der Waals surface area contributed by atoms with Gasteiger partial charge in [0.05, 0.1) is 0 Å². The summed E-state index contributed by atoms with van der Waals surface area (Å²) in [5.41, 5.74) is 0. The third-order valence-electron chi connectivity index (χ3n) is 3.92. The van der Waals surface area contributed by atoms with Crippen molar-refractivity contribution in [2.45, 2.75) is 45.1 Å². The van der Waals surface area contributed by atoms with Gasteiger partial charge < -0.3 is 10.2 Å². The summed E-state index contributed by atoms with van der Waals surface area (Å²) in [5, 5.41) is 3.53. The van der Waals surface area contributed by atoms with E-state index in [2.05, 4.69) is 24.2 Å². The summed E-state index contributed by atoms with van der Waals surface area (Å²) in [5.74, 6) is 2.02. The van der Waals surface area contributed by atoms with E-state index in [1.165, 1.54) is 51.7 Å². The van der Waals surface area contributed by atoms with E-state index in [0.717, 1.165) is 17.9 Å². The molecule has 1 aliphatic carbocycles. The van der Waals surface area contributed by atoms with Crippen molar-refractivity contribution in [1.82, 2.24) is 10.2 Å². The number of nitrogens with zero attached hydrogens (tertiary/aromatic N) is 1. The maximum absolute atomic E-state index is 3.53. The van der Waals surface area contributed by atoms with Gasteiger partial charge in [-0.05, 0) is 58.2 Å². The molecular formula is C13H26N2. The van der Waals surface area contributed by atoms with E-state index in [4.69, 9.17) is 0 Å². The quantitative estimate of drug-likeness (QED) is 0.747. The lowest BCUT2D eigenvalue weighted by Gasteiger charge is -2.31. The summed E-state index contributed by atoms with van der Waals surface area (Å²) in [6.07, 6.45) is 7.18. The molecule has 15 heavy (non-hydrogen) atoms. The Hall–Kier alpha value is -0.0800. The monoisotopic (exact) mass is 210 g/mol. The number of piperidine rings is 1. The van der Waals surface area contributed by atoms with Gasteiger partial charge in [-0.15, -0.1) is 0 Å². The Morgan fingerprint density at radius 2 is 2.00 bits per heavy atom. The molecule has 0 bridgehead atoms. The zero-order valence-corrected chi connectivity index (χ0v) is 10.3. The molecule has 2 aliphatic rings. The molecule has 0 spiro atoms. The van der Waals surface area contributed by atoms with Crippen LogP contribution in [0, 0.1) is 11.8 Å². The predicted molar refractivity (Wildman–Crippen MR) is 65.0 cm³/mol. The van der Waals surface area contributed by atoms with Gasteiger partial charge in [0.2, 0.25) is 0 Å². The fraction of sp³-hybridized carbons (Fsp3) is 1.00. The minimum absolute atomic E-state index is 0.737. The van der Waals surface area contributed by atoms with E-state index in [-0.39, 0.29) is 0 Å². The lowest BCUT2D eigenvalue weighted by Crippen LogP contribution is -2.40. The molecule has 1 heterocycles. The van der Waals surface area contributed by atoms with Gasteiger partial charge in [0, 0.05) is 12.6 Å². The molecule has 1 N–H and O–H groups in total. The van der Waals surface area contributed by atoms with Gasteiger partial charge in [-0.2, -0.15) is 0 Å². The molecule has 2 heteroatoms. The van der Waals surface area contributed by atoms with E-state index < -0.39 is 0 Å². The minimum atomic E-state index is 0.737. The van der Waals surface area contributed by atoms with Gasteiger partial charge in [-0.25, -0.2) is 0 Å².